The number of H-pyrrole nitrogens is 1. The Morgan fingerprint density at radius 3 is 2.58 bits per heavy atom. The number of halogens is 1. The van der Waals surface area contributed by atoms with E-state index in [-0.39, 0.29) is 11.3 Å². The fourth-order valence-electron chi connectivity index (χ4n) is 3.22. The van der Waals surface area contributed by atoms with Crippen LogP contribution in [0.25, 0.3) is 22.0 Å². The fourth-order valence-corrected chi connectivity index (χ4v) is 3.22. The summed E-state index contributed by atoms with van der Waals surface area (Å²) in [5, 5.41) is 12.8. The van der Waals surface area contributed by atoms with E-state index in [1.807, 2.05) is 30.3 Å². The van der Waals surface area contributed by atoms with Crippen LogP contribution in [-0.2, 0) is 4.74 Å². The van der Waals surface area contributed by atoms with Crippen molar-refractivity contribution < 1.29 is 18.7 Å². The number of urea groups is 1. The number of nitrogens with two attached hydrogens (primary N) is 1. The van der Waals surface area contributed by atoms with E-state index in [1.54, 1.807) is 12.1 Å². The number of hydrogen-bond donors (Lipinski definition) is 4. The molecule has 0 saturated heterocycles. The molecule has 156 valence electrons. The molecule has 0 radical (unpaired) electrons. The lowest BCUT2D eigenvalue weighted by molar-refractivity contribution is 0.0600. The van der Waals surface area contributed by atoms with Crippen LogP contribution in [0, 0.1) is 5.82 Å². The SMILES string of the molecule is COC(=O)c1ccc(F)c(NC(=O)Nc2ccc(-c3cccc4[nH]nc(N)c34)cc2)c1. The summed E-state index contributed by atoms with van der Waals surface area (Å²) in [6.07, 6.45) is 0. The third-order valence-electron chi connectivity index (χ3n) is 4.71. The minimum absolute atomic E-state index is 0.122. The molecule has 8 nitrogen and oxygen atoms in total. The third-order valence-corrected chi connectivity index (χ3v) is 4.71. The molecule has 0 aliphatic heterocycles. The molecule has 2 amide bonds. The first-order valence-corrected chi connectivity index (χ1v) is 9.25. The number of amides is 2. The minimum Gasteiger partial charge on any atom is -0.465 e. The summed E-state index contributed by atoms with van der Waals surface area (Å²) in [5.41, 5.74) is 9.07. The van der Waals surface area contributed by atoms with Crippen molar-refractivity contribution in [1.82, 2.24) is 10.2 Å². The predicted octanol–water partition coefficient (Wildman–Crippen LogP) is 4.38. The normalized spacial score (nSPS) is 10.6. The van der Waals surface area contributed by atoms with Gasteiger partial charge in [0, 0.05) is 5.69 Å². The lowest BCUT2D eigenvalue weighted by Crippen LogP contribution is -2.20. The molecule has 5 N–H and O–H groups in total. The fraction of sp³-hybridized carbons (Fsp3) is 0.0455. The Morgan fingerprint density at radius 1 is 1.06 bits per heavy atom. The van der Waals surface area contributed by atoms with Crippen LogP contribution in [0.4, 0.5) is 26.4 Å². The zero-order valence-corrected chi connectivity index (χ0v) is 16.4. The number of carbonyl (C=O) groups is 2. The van der Waals surface area contributed by atoms with Crippen molar-refractivity contribution in [3.05, 3.63) is 72.0 Å². The van der Waals surface area contributed by atoms with Crippen molar-refractivity contribution in [2.24, 2.45) is 0 Å². The number of aromatic nitrogens is 2. The first-order valence-electron chi connectivity index (χ1n) is 9.25. The van der Waals surface area contributed by atoms with Gasteiger partial charge in [0.05, 0.1) is 29.3 Å². The van der Waals surface area contributed by atoms with Gasteiger partial charge in [0.1, 0.15) is 5.82 Å². The second-order valence-corrected chi connectivity index (χ2v) is 6.68. The molecule has 0 unspecified atom stereocenters. The Labute approximate surface area is 176 Å². The largest absolute Gasteiger partial charge is 0.465 e. The van der Waals surface area contributed by atoms with Crippen LogP contribution in [0.5, 0.6) is 0 Å². The molecule has 1 heterocycles. The van der Waals surface area contributed by atoms with Crippen LogP contribution in [0.2, 0.25) is 0 Å². The molecule has 0 atom stereocenters. The van der Waals surface area contributed by atoms with Crippen molar-refractivity contribution in [2.45, 2.75) is 0 Å². The highest BCUT2D eigenvalue weighted by Gasteiger charge is 2.13. The molecule has 31 heavy (non-hydrogen) atoms. The first kappa shape index (κ1) is 19.9. The number of methoxy groups -OCH3 is 1. The molecule has 3 aromatic carbocycles. The molecule has 4 aromatic rings. The van der Waals surface area contributed by atoms with Crippen molar-refractivity contribution in [3.63, 3.8) is 0 Å². The number of fused-ring (bicyclic) bond motifs is 1. The van der Waals surface area contributed by atoms with Crippen LogP contribution in [-0.4, -0.2) is 29.3 Å². The second-order valence-electron chi connectivity index (χ2n) is 6.68. The summed E-state index contributed by atoms with van der Waals surface area (Å²) in [5.74, 6) is -0.903. The predicted molar refractivity (Wildman–Crippen MR) is 116 cm³/mol. The zero-order chi connectivity index (χ0) is 22.0. The summed E-state index contributed by atoms with van der Waals surface area (Å²) in [6.45, 7) is 0. The van der Waals surface area contributed by atoms with Crippen molar-refractivity contribution in [2.75, 3.05) is 23.5 Å². The van der Waals surface area contributed by atoms with Gasteiger partial charge < -0.3 is 21.1 Å². The van der Waals surface area contributed by atoms with Gasteiger partial charge in [0.15, 0.2) is 5.82 Å². The van der Waals surface area contributed by atoms with Gasteiger partial charge in [-0.25, -0.2) is 14.0 Å². The molecule has 0 bridgehead atoms. The average Bonchev–Trinajstić information content (AvgIpc) is 3.16. The number of anilines is 3. The molecule has 0 saturated carbocycles. The van der Waals surface area contributed by atoms with E-state index in [9.17, 15) is 14.0 Å². The highest BCUT2D eigenvalue weighted by Crippen LogP contribution is 2.31. The zero-order valence-electron chi connectivity index (χ0n) is 16.4. The maximum absolute atomic E-state index is 14.0. The molecule has 4 rings (SSSR count). The number of nitrogens with zero attached hydrogens (tertiary/aromatic N) is 1. The Kier molecular flexibility index (Phi) is 5.23. The number of ether oxygens (including phenoxy) is 1. The van der Waals surface area contributed by atoms with E-state index in [0.717, 1.165) is 28.1 Å². The molecular weight excluding hydrogens is 401 g/mol. The van der Waals surface area contributed by atoms with Crippen molar-refractivity contribution >= 4 is 40.1 Å². The number of hydrogen-bond acceptors (Lipinski definition) is 5. The summed E-state index contributed by atoms with van der Waals surface area (Å²) in [7, 11) is 1.22. The third kappa shape index (κ3) is 4.01. The standard InChI is InChI=1S/C22H18FN5O3/c1-31-21(29)13-7-10-16(23)18(11-13)26-22(30)25-14-8-5-12(6-9-14)15-3-2-4-17-19(15)20(24)28-27-17/h2-11H,1H3,(H3,24,27,28)(H2,25,26,30). The number of nitrogen functional groups attached to an aromatic ring is 1. The number of esters is 1. The number of benzene rings is 3. The van der Waals surface area contributed by atoms with E-state index in [0.29, 0.717) is 11.5 Å². The maximum Gasteiger partial charge on any atom is 0.337 e. The average molecular weight is 419 g/mol. The molecule has 0 aliphatic rings. The number of nitrogens with one attached hydrogen (secondary N) is 3. The summed E-state index contributed by atoms with van der Waals surface area (Å²) < 4.78 is 18.6. The van der Waals surface area contributed by atoms with Gasteiger partial charge in [-0.05, 0) is 47.5 Å². The molecule has 0 fully saturated rings. The number of rotatable bonds is 4. The highest BCUT2D eigenvalue weighted by atomic mass is 19.1. The lowest BCUT2D eigenvalue weighted by atomic mass is 10.0. The van der Waals surface area contributed by atoms with Gasteiger partial charge in [-0.2, -0.15) is 5.10 Å². The molecular formula is C22H18FN5O3. The maximum atomic E-state index is 14.0. The molecule has 0 aliphatic carbocycles. The smallest absolute Gasteiger partial charge is 0.337 e. The van der Waals surface area contributed by atoms with Crippen LogP contribution in [0.1, 0.15) is 10.4 Å². The lowest BCUT2D eigenvalue weighted by Gasteiger charge is -2.10. The minimum atomic E-state index is -0.677. The van der Waals surface area contributed by atoms with E-state index < -0.39 is 17.8 Å². The van der Waals surface area contributed by atoms with Gasteiger partial charge in [-0.15, -0.1) is 0 Å². The molecule has 0 spiro atoms. The Morgan fingerprint density at radius 2 is 1.84 bits per heavy atom. The Hall–Kier alpha value is -4.40. The Bertz CT molecular complexity index is 1280. The molecule has 1 aromatic heterocycles. The van der Waals surface area contributed by atoms with E-state index in [1.165, 1.54) is 19.2 Å². The van der Waals surface area contributed by atoms with E-state index in [2.05, 4.69) is 25.6 Å². The van der Waals surface area contributed by atoms with Gasteiger partial charge in [0.2, 0.25) is 0 Å². The van der Waals surface area contributed by atoms with Crippen LogP contribution in [0.15, 0.2) is 60.7 Å². The van der Waals surface area contributed by atoms with Gasteiger partial charge in [-0.1, -0.05) is 24.3 Å². The van der Waals surface area contributed by atoms with E-state index in [4.69, 9.17) is 5.73 Å². The monoisotopic (exact) mass is 419 g/mol. The van der Waals surface area contributed by atoms with Crippen LogP contribution in [0.3, 0.4) is 0 Å². The number of aromatic amines is 1. The van der Waals surface area contributed by atoms with Gasteiger partial charge in [0.25, 0.3) is 0 Å². The number of carbonyl (C=O) groups excluding carboxylic acids is 2. The quantitative estimate of drug-likeness (QED) is 0.366. The van der Waals surface area contributed by atoms with Gasteiger partial charge in [-0.3, -0.25) is 5.10 Å². The van der Waals surface area contributed by atoms with Crippen molar-refractivity contribution in [3.8, 4) is 11.1 Å². The summed E-state index contributed by atoms with van der Waals surface area (Å²) >= 11 is 0. The topological polar surface area (TPSA) is 122 Å². The second kappa shape index (κ2) is 8.15. The van der Waals surface area contributed by atoms with Crippen LogP contribution >= 0.6 is 0 Å². The van der Waals surface area contributed by atoms with Crippen molar-refractivity contribution in [1.29, 1.82) is 0 Å². The highest BCUT2D eigenvalue weighted by molar-refractivity contribution is 6.03. The first-order chi connectivity index (χ1) is 15.0. The van der Waals surface area contributed by atoms with Crippen LogP contribution < -0.4 is 16.4 Å². The van der Waals surface area contributed by atoms with E-state index >= 15 is 0 Å². The summed E-state index contributed by atoms with van der Waals surface area (Å²) in [4.78, 5) is 23.9. The molecule has 9 heteroatoms. The summed E-state index contributed by atoms with van der Waals surface area (Å²) in [6, 6.07) is 15.7. The van der Waals surface area contributed by atoms with Gasteiger partial charge >= 0.3 is 12.0 Å². The Balaban J connectivity index is 1.50.